The van der Waals surface area contributed by atoms with Crippen LogP contribution in [0.25, 0.3) is 22.2 Å². The molecule has 0 unspecified atom stereocenters. The number of aromatic nitrogens is 2. The minimum atomic E-state index is -0.473. The first-order valence-corrected chi connectivity index (χ1v) is 9.99. The predicted octanol–water partition coefficient (Wildman–Crippen LogP) is 5.81. The van der Waals surface area contributed by atoms with Crippen LogP contribution in [0.1, 0.15) is 61.0 Å². The van der Waals surface area contributed by atoms with E-state index in [2.05, 4.69) is 20.6 Å². The van der Waals surface area contributed by atoms with Crippen LogP contribution in [0.2, 0.25) is 0 Å². The molecule has 0 saturated heterocycles. The summed E-state index contributed by atoms with van der Waals surface area (Å²) in [7, 11) is 0. The SMILES string of the molecule is CC(=O)c1c(F)cc(-c2ccc3c(c2)ncn3C2CCCCC2)c2c1CC=N2. The number of halogens is 1. The molecule has 2 heterocycles. The average molecular weight is 375 g/mol. The fourth-order valence-electron chi connectivity index (χ4n) is 4.72. The molecule has 28 heavy (non-hydrogen) atoms. The van der Waals surface area contributed by atoms with E-state index in [1.165, 1.54) is 45.1 Å². The summed E-state index contributed by atoms with van der Waals surface area (Å²) < 4.78 is 17.0. The maximum atomic E-state index is 14.7. The molecular formula is C23H22FN3O. The van der Waals surface area contributed by atoms with Gasteiger partial charge in [-0.3, -0.25) is 9.79 Å². The fraction of sp³-hybridized carbons (Fsp3) is 0.348. The van der Waals surface area contributed by atoms with Gasteiger partial charge in [0.15, 0.2) is 5.78 Å². The topological polar surface area (TPSA) is 47.2 Å². The number of carbonyl (C=O) groups is 1. The third kappa shape index (κ3) is 2.68. The van der Waals surface area contributed by atoms with E-state index < -0.39 is 5.82 Å². The highest BCUT2D eigenvalue weighted by molar-refractivity contribution is 6.02. The number of carbonyl (C=O) groups excluding carboxylic acids is 1. The van der Waals surface area contributed by atoms with Crippen LogP contribution in [0.15, 0.2) is 35.6 Å². The molecule has 0 atom stereocenters. The summed E-state index contributed by atoms with van der Waals surface area (Å²) in [6, 6.07) is 8.06. The Balaban J connectivity index is 1.61. The van der Waals surface area contributed by atoms with Gasteiger partial charge < -0.3 is 4.57 Å². The van der Waals surface area contributed by atoms with Crippen molar-refractivity contribution in [2.75, 3.05) is 0 Å². The van der Waals surface area contributed by atoms with Crippen LogP contribution in [0.3, 0.4) is 0 Å². The van der Waals surface area contributed by atoms with Crippen LogP contribution in [0.4, 0.5) is 10.1 Å². The standard InChI is InChI=1S/C23H22FN3O/c1-14(28)22-17-9-10-25-23(17)18(12-19(22)24)15-7-8-21-20(11-15)26-13-27(21)16-5-3-2-4-6-16/h7-8,10-13,16H,2-6,9H2,1H3. The molecule has 1 fully saturated rings. The molecule has 3 aromatic rings. The highest BCUT2D eigenvalue weighted by Crippen LogP contribution is 2.41. The van der Waals surface area contributed by atoms with Crippen LogP contribution in [-0.4, -0.2) is 21.5 Å². The van der Waals surface area contributed by atoms with Gasteiger partial charge in [0.1, 0.15) is 5.82 Å². The zero-order chi connectivity index (χ0) is 19.3. The third-order valence-corrected chi connectivity index (χ3v) is 6.07. The second kappa shape index (κ2) is 6.66. The van der Waals surface area contributed by atoms with Gasteiger partial charge in [-0.15, -0.1) is 0 Å². The number of hydrogen-bond acceptors (Lipinski definition) is 3. The van der Waals surface area contributed by atoms with Gasteiger partial charge in [-0.2, -0.15) is 0 Å². The molecule has 2 aromatic carbocycles. The van der Waals surface area contributed by atoms with Gasteiger partial charge in [0.05, 0.1) is 28.6 Å². The smallest absolute Gasteiger partial charge is 0.163 e. The quantitative estimate of drug-likeness (QED) is 0.543. The Morgan fingerprint density at radius 2 is 2.00 bits per heavy atom. The van der Waals surface area contributed by atoms with Gasteiger partial charge in [0.2, 0.25) is 0 Å². The lowest BCUT2D eigenvalue weighted by molar-refractivity contribution is 0.101. The van der Waals surface area contributed by atoms with Gasteiger partial charge in [-0.25, -0.2) is 9.37 Å². The molecule has 142 valence electrons. The van der Waals surface area contributed by atoms with Crippen molar-refractivity contribution in [3.8, 4) is 11.1 Å². The first-order chi connectivity index (χ1) is 13.6. The van der Waals surface area contributed by atoms with Crippen LogP contribution >= 0.6 is 0 Å². The van der Waals surface area contributed by atoms with Crippen molar-refractivity contribution in [3.63, 3.8) is 0 Å². The Kier molecular flexibility index (Phi) is 4.11. The third-order valence-electron chi connectivity index (χ3n) is 6.07. The van der Waals surface area contributed by atoms with Crippen molar-refractivity contribution in [3.05, 3.63) is 47.5 Å². The molecule has 1 saturated carbocycles. The maximum absolute atomic E-state index is 14.7. The molecule has 0 amide bonds. The van der Waals surface area contributed by atoms with Crippen molar-refractivity contribution < 1.29 is 9.18 Å². The Hall–Kier alpha value is -2.82. The summed E-state index contributed by atoms with van der Waals surface area (Å²) in [6.07, 6.45) is 10.4. The lowest BCUT2D eigenvalue weighted by atomic mass is 9.93. The first-order valence-electron chi connectivity index (χ1n) is 9.99. The second-order valence-corrected chi connectivity index (χ2v) is 7.83. The number of imidazole rings is 1. The minimum Gasteiger partial charge on any atom is -0.327 e. The molecule has 0 spiro atoms. The summed E-state index contributed by atoms with van der Waals surface area (Å²) >= 11 is 0. The van der Waals surface area contributed by atoms with Crippen molar-refractivity contribution in [2.45, 2.75) is 51.5 Å². The van der Waals surface area contributed by atoms with Crippen LogP contribution in [0, 0.1) is 5.82 Å². The Morgan fingerprint density at radius 3 is 2.79 bits per heavy atom. The summed E-state index contributed by atoms with van der Waals surface area (Å²) in [5, 5.41) is 0. The Morgan fingerprint density at radius 1 is 1.18 bits per heavy atom. The number of ketones is 1. The van der Waals surface area contributed by atoms with Crippen molar-refractivity contribution in [2.24, 2.45) is 4.99 Å². The van der Waals surface area contributed by atoms with Gasteiger partial charge in [-0.05, 0) is 49.1 Å². The molecule has 2 aliphatic rings. The van der Waals surface area contributed by atoms with E-state index >= 15 is 0 Å². The summed E-state index contributed by atoms with van der Waals surface area (Å²) in [5.41, 5.74) is 5.20. The molecule has 1 aliphatic carbocycles. The largest absolute Gasteiger partial charge is 0.327 e. The van der Waals surface area contributed by atoms with Crippen molar-refractivity contribution in [1.29, 1.82) is 0 Å². The number of aliphatic imine (C=N–C) groups is 1. The number of Topliss-reactive ketones (excluding diaryl/α,β-unsaturated/α-hetero) is 1. The number of fused-ring (bicyclic) bond motifs is 2. The first kappa shape index (κ1) is 17.3. The van der Waals surface area contributed by atoms with E-state index in [1.807, 2.05) is 18.5 Å². The molecule has 0 N–H and O–H groups in total. The molecule has 0 radical (unpaired) electrons. The van der Waals surface area contributed by atoms with E-state index in [0.29, 0.717) is 23.7 Å². The van der Waals surface area contributed by atoms with Crippen LogP contribution in [-0.2, 0) is 6.42 Å². The Bertz CT molecular complexity index is 1120. The normalized spacial score (nSPS) is 16.6. The summed E-state index contributed by atoms with van der Waals surface area (Å²) in [4.78, 5) is 21.0. The number of hydrogen-bond donors (Lipinski definition) is 0. The number of benzene rings is 2. The zero-order valence-electron chi connectivity index (χ0n) is 15.9. The molecule has 0 bridgehead atoms. The van der Waals surface area contributed by atoms with E-state index in [9.17, 15) is 9.18 Å². The minimum absolute atomic E-state index is 0.166. The second-order valence-electron chi connectivity index (χ2n) is 7.83. The molecular weight excluding hydrogens is 353 g/mol. The molecule has 1 aliphatic heterocycles. The monoisotopic (exact) mass is 375 g/mol. The van der Waals surface area contributed by atoms with Gasteiger partial charge >= 0.3 is 0 Å². The van der Waals surface area contributed by atoms with Gasteiger partial charge in [0.25, 0.3) is 0 Å². The van der Waals surface area contributed by atoms with E-state index in [-0.39, 0.29) is 11.3 Å². The zero-order valence-corrected chi connectivity index (χ0v) is 15.9. The van der Waals surface area contributed by atoms with Crippen molar-refractivity contribution in [1.82, 2.24) is 9.55 Å². The Labute approximate surface area is 163 Å². The lowest BCUT2D eigenvalue weighted by Gasteiger charge is -2.23. The maximum Gasteiger partial charge on any atom is 0.163 e. The highest BCUT2D eigenvalue weighted by Gasteiger charge is 2.24. The number of nitrogens with zero attached hydrogens (tertiary/aromatic N) is 3. The summed E-state index contributed by atoms with van der Waals surface area (Å²) in [5.74, 6) is -0.730. The van der Waals surface area contributed by atoms with Crippen molar-refractivity contribution >= 4 is 28.7 Å². The highest BCUT2D eigenvalue weighted by atomic mass is 19.1. The van der Waals surface area contributed by atoms with E-state index in [1.54, 1.807) is 6.21 Å². The molecule has 5 rings (SSSR count). The fourth-order valence-corrected chi connectivity index (χ4v) is 4.72. The van der Waals surface area contributed by atoms with Gasteiger partial charge in [0, 0.05) is 24.2 Å². The molecule has 5 heteroatoms. The molecule has 1 aromatic heterocycles. The molecule has 4 nitrogen and oxygen atoms in total. The number of rotatable bonds is 3. The van der Waals surface area contributed by atoms with E-state index in [0.717, 1.165) is 22.2 Å². The average Bonchev–Trinajstić information content (AvgIpc) is 3.34. The van der Waals surface area contributed by atoms with Gasteiger partial charge in [-0.1, -0.05) is 25.3 Å². The van der Waals surface area contributed by atoms with Crippen LogP contribution in [0.5, 0.6) is 0 Å². The van der Waals surface area contributed by atoms with Crippen LogP contribution < -0.4 is 0 Å². The predicted molar refractivity (Wildman–Crippen MR) is 109 cm³/mol. The van der Waals surface area contributed by atoms with E-state index in [4.69, 9.17) is 0 Å². The summed E-state index contributed by atoms with van der Waals surface area (Å²) in [6.45, 7) is 1.40. The lowest BCUT2D eigenvalue weighted by Crippen LogP contribution is -2.11.